The molecule has 10 nitrogen and oxygen atoms in total. The van der Waals surface area contributed by atoms with Gasteiger partial charge in [-0.25, -0.2) is 4.98 Å². The first-order valence-corrected chi connectivity index (χ1v) is 10.2. The lowest BCUT2D eigenvalue weighted by atomic mass is 9.97. The fraction of sp³-hybridized carbons (Fsp3) is 0.174. The molecule has 0 saturated carbocycles. The van der Waals surface area contributed by atoms with Gasteiger partial charge in [0.1, 0.15) is 16.9 Å². The van der Waals surface area contributed by atoms with Gasteiger partial charge in [0.25, 0.3) is 11.6 Å². The van der Waals surface area contributed by atoms with Crippen molar-refractivity contribution < 1.29 is 19.9 Å². The van der Waals surface area contributed by atoms with Crippen molar-refractivity contribution in [3.05, 3.63) is 82.0 Å². The second kappa shape index (κ2) is 9.15. The number of hydrogen-bond donors (Lipinski definition) is 4. The minimum Gasteiger partial charge on any atom is -0.396 e. The van der Waals surface area contributed by atoms with Crippen LogP contribution in [0.2, 0.25) is 0 Å². The van der Waals surface area contributed by atoms with E-state index in [2.05, 4.69) is 20.3 Å². The number of amides is 1. The topological polar surface area (TPSA) is 154 Å². The van der Waals surface area contributed by atoms with Crippen LogP contribution in [0.3, 0.4) is 0 Å². The van der Waals surface area contributed by atoms with E-state index >= 15 is 0 Å². The molecule has 0 saturated heterocycles. The predicted octanol–water partition coefficient (Wildman–Crippen LogP) is 3.45. The number of imidazole rings is 1. The molecule has 2 aromatic heterocycles. The summed E-state index contributed by atoms with van der Waals surface area (Å²) in [4.78, 5) is 35.9. The summed E-state index contributed by atoms with van der Waals surface area (Å²) in [6.07, 6.45) is 0.580. The summed E-state index contributed by atoms with van der Waals surface area (Å²) in [5.41, 5.74) is 1.78. The van der Waals surface area contributed by atoms with Crippen LogP contribution in [0.15, 0.2) is 60.8 Å². The molecule has 0 radical (unpaired) electrons. The predicted molar refractivity (Wildman–Crippen MR) is 122 cm³/mol. The number of pyridine rings is 1. The first-order chi connectivity index (χ1) is 15.9. The standard InChI is InChI=1S/C23H21N5O5/c1-13(12-29)21(30)14-8-9-19(28(32)33)18(11-14)26-23(31)15-5-4-7-16-20(15)27-22(25-16)17-6-2-3-10-24-17/h2-11,13,21,29-30H,12H2,1H3,(H,25,27)(H,26,31). The Morgan fingerprint density at radius 2 is 2.03 bits per heavy atom. The third-order valence-electron chi connectivity index (χ3n) is 5.30. The Labute approximate surface area is 188 Å². The monoisotopic (exact) mass is 447 g/mol. The smallest absolute Gasteiger partial charge is 0.292 e. The molecule has 0 fully saturated rings. The number of nitro benzene ring substituents is 1. The maximum atomic E-state index is 13.1. The number of H-pyrrole nitrogens is 1. The third-order valence-corrected chi connectivity index (χ3v) is 5.30. The van der Waals surface area contributed by atoms with Crippen LogP contribution in [0.1, 0.15) is 28.9 Å². The molecule has 0 spiro atoms. The van der Waals surface area contributed by atoms with Gasteiger partial charge in [-0.1, -0.05) is 19.1 Å². The number of carbonyl (C=O) groups excluding carboxylic acids is 1. The normalized spacial score (nSPS) is 12.9. The van der Waals surface area contributed by atoms with E-state index in [1.54, 1.807) is 43.5 Å². The third kappa shape index (κ3) is 4.43. The number of carbonyl (C=O) groups is 1. The molecule has 2 unspecified atom stereocenters. The lowest BCUT2D eigenvalue weighted by Gasteiger charge is -2.18. The van der Waals surface area contributed by atoms with Crippen molar-refractivity contribution in [1.29, 1.82) is 0 Å². The van der Waals surface area contributed by atoms with Crippen LogP contribution in [-0.2, 0) is 0 Å². The van der Waals surface area contributed by atoms with Crippen LogP contribution in [0.4, 0.5) is 11.4 Å². The van der Waals surface area contributed by atoms with Gasteiger partial charge in [0.05, 0.1) is 22.1 Å². The number of nitrogens with zero attached hydrogens (tertiary/aromatic N) is 3. The zero-order valence-corrected chi connectivity index (χ0v) is 17.6. The summed E-state index contributed by atoms with van der Waals surface area (Å²) in [7, 11) is 0. The average Bonchev–Trinajstić information content (AvgIpc) is 3.28. The summed E-state index contributed by atoms with van der Waals surface area (Å²) in [5.74, 6) is -0.595. The molecule has 2 atom stereocenters. The van der Waals surface area contributed by atoms with Crippen molar-refractivity contribution >= 4 is 28.3 Å². The van der Waals surface area contributed by atoms with E-state index in [-0.39, 0.29) is 23.5 Å². The Kier molecular flexibility index (Phi) is 6.11. The number of para-hydroxylation sites is 1. The summed E-state index contributed by atoms with van der Waals surface area (Å²) in [6.45, 7) is 1.38. The van der Waals surface area contributed by atoms with Crippen LogP contribution < -0.4 is 5.32 Å². The number of hydrogen-bond acceptors (Lipinski definition) is 7. The van der Waals surface area contributed by atoms with Crippen molar-refractivity contribution in [3.8, 4) is 11.5 Å². The van der Waals surface area contributed by atoms with Crippen molar-refractivity contribution in [2.24, 2.45) is 5.92 Å². The van der Waals surface area contributed by atoms with Crippen molar-refractivity contribution in [2.75, 3.05) is 11.9 Å². The zero-order valence-electron chi connectivity index (χ0n) is 17.6. The quantitative estimate of drug-likeness (QED) is 0.250. The van der Waals surface area contributed by atoms with Crippen molar-refractivity contribution in [2.45, 2.75) is 13.0 Å². The Bertz CT molecular complexity index is 1320. The number of aromatic nitrogens is 3. The van der Waals surface area contributed by atoms with E-state index in [9.17, 15) is 25.1 Å². The molecule has 0 aliphatic carbocycles. The lowest BCUT2D eigenvalue weighted by molar-refractivity contribution is -0.383. The lowest BCUT2D eigenvalue weighted by Crippen LogP contribution is -2.16. The Morgan fingerprint density at radius 3 is 2.73 bits per heavy atom. The van der Waals surface area contributed by atoms with E-state index in [4.69, 9.17) is 0 Å². The Hall–Kier alpha value is -4.15. The molecule has 0 bridgehead atoms. The number of aromatic amines is 1. The first-order valence-electron chi connectivity index (χ1n) is 10.2. The molecule has 0 aliphatic rings. The molecule has 2 aromatic carbocycles. The SMILES string of the molecule is CC(CO)C(O)c1ccc([N+](=O)[O-])c(NC(=O)c2cccc3[nH]c(-c4ccccn4)nc23)c1. The van der Waals surface area contributed by atoms with E-state index in [0.29, 0.717) is 28.1 Å². The van der Waals surface area contributed by atoms with Gasteiger partial charge in [-0.05, 0) is 42.0 Å². The summed E-state index contributed by atoms with van der Waals surface area (Å²) in [5, 5.41) is 33.8. The van der Waals surface area contributed by atoms with Crippen LogP contribution in [0.5, 0.6) is 0 Å². The van der Waals surface area contributed by atoms with E-state index in [1.807, 2.05) is 6.07 Å². The van der Waals surface area contributed by atoms with Crippen LogP contribution in [-0.4, -0.2) is 42.6 Å². The second-order valence-electron chi connectivity index (χ2n) is 7.59. The maximum Gasteiger partial charge on any atom is 0.292 e. The van der Waals surface area contributed by atoms with Gasteiger partial charge in [-0.3, -0.25) is 19.9 Å². The summed E-state index contributed by atoms with van der Waals surface area (Å²) < 4.78 is 0. The van der Waals surface area contributed by atoms with Crippen molar-refractivity contribution in [1.82, 2.24) is 15.0 Å². The molecule has 10 heteroatoms. The highest BCUT2D eigenvalue weighted by Crippen LogP contribution is 2.31. The van der Waals surface area contributed by atoms with E-state index in [1.165, 1.54) is 18.2 Å². The molecule has 4 rings (SSSR count). The van der Waals surface area contributed by atoms with Crippen LogP contribution >= 0.6 is 0 Å². The van der Waals surface area contributed by atoms with Gasteiger partial charge in [0.15, 0.2) is 5.82 Å². The highest BCUT2D eigenvalue weighted by Gasteiger charge is 2.23. The Balaban J connectivity index is 1.71. The van der Waals surface area contributed by atoms with Crippen LogP contribution in [0, 0.1) is 16.0 Å². The molecule has 4 aromatic rings. The summed E-state index contributed by atoms with van der Waals surface area (Å²) in [6, 6.07) is 14.4. The fourth-order valence-electron chi connectivity index (χ4n) is 3.45. The highest BCUT2D eigenvalue weighted by molar-refractivity contribution is 6.12. The van der Waals surface area contributed by atoms with E-state index < -0.39 is 22.9 Å². The minimum absolute atomic E-state index is 0.0656. The molecule has 2 heterocycles. The minimum atomic E-state index is -1.05. The van der Waals surface area contributed by atoms with Gasteiger partial charge in [-0.2, -0.15) is 0 Å². The van der Waals surface area contributed by atoms with Crippen LogP contribution in [0.25, 0.3) is 22.6 Å². The Morgan fingerprint density at radius 1 is 1.21 bits per heavy atom. The van der Waals surface area contributed by atoms with Gasteiger partial charge >= 0.3 is 0 Å². The molecule has 168 valence electrons. The number of nitrogens with one attached hydrogen (secondary N) is 2. The molecule has 0 aliphatic heterocycles. The molecular weight excluding hydrogens is 426 g/mol. The number of rotatable bonds is 7. The summed E-state index contributed by atoms with van der Waals surface area (Å²) >= 11 is 0. The highest BCUT2D eigenvalue weighted by atomic mass is 16.6. The molecule has 4 N–H and O–H groups in total. The number of aliphatic hydroxyl groups is 2. The number of aliphatic hydroxyl groups excluding tert-OH is 2. The maximum absolute atomic E-state index is 13.1. The fourth-order valence-corrected chi connectivity index (χ4v) is 3.45. The van der Waals surface area contributed by atoms with E-state index in [0.717, 1.165) is 0 Å². The van der Waals surface area contributed by atoms with Gasteiger partial charge in [0.2, 0.25) is 0 Å². The van der Waals surface area contributed by atoms with Gasteiger partial charge in [0, 0.05) is 24.8 Å². The largest absolute Gasteiger partial charge is 0.396 e. The molecule has 33 heavy (non-hydrogen) atoms. The van der Waals surface area contributed by atoms with Gasteiger partial charge in [-0.15, -0.1) is 0 Å². The molecule has 1 amide bonds. The second-order valence-corrected chi connectivity index (χ2v) is 7.59. The molecular formula is C23H21N5O5. The number of anilines is 1. The first kappa shape index (κ1) is 22.1. The van der Waals surface area contributed by atoms with Crippen molar-refractivity contribution in [3.63, 3.8) is 0 Å². The average molecular weight is 447 g/mol. The van der Waals surface area contributed by atoms with Gasteiger partial charge < -0.3 is 20.5 Å². The number of benzene rings is 2. The zero-order chi connectivity index (χ0) is 23.5. The number of nitro groups is 1. The number of fused-ring (bicyclic) bond motifs is 1.